The predicted octanol–water partition coefficient (Wildman–Crippen LogP) is 0.134. The summed E-state index contributed by atoms with van der Waals surface area (Å²) >= 11 is 0. The van der Waals surface area contributed by atoms with Crippen LogP contribution in [0.15, 0.2) is 11.6 Å². The van der Waals surface area contributed by atoms with Gasteiger partial charge in [0.1, 0.15) is 72.7 Å². The van der Waals surface area contributed by atoms with E-state index in [-0.39, 0.29) is 28.6 Å². The Bertz CT molecular complexity index is 1780. The number of carbonyl (C=O) groups excluding carboxylic acids is 1. The van der Waals surface area contributed by atoms with E-state index in [1.807, 2.05) is 6.92 Å². The van der Waals surface area contributed by atoms with Gasteiger partial charge < -0.3 is 84.3 Å². The summed E-state index contributed by atoms with van der Waals surface area (Å²) in [6.45, 7) is 11.3. The van der Waals surface area contributed by atoms with E-state index >= 15 is 0 Å². The van der Waals surface area contributed by atoms with Crippen LogP contribution in [0, 0.1) is 50.2 Å². The van der Waals surface area contributed by atoms with Crippen molar-refractivity contribution in [1.29, 1.82) is 0 Å². The van der Waals surface area contributed by atoms with Gasteiger partial charge in [0.05, 0.1) is 37.4 Å². The van der Waals surface area contributed by atoms with Crippen LogP contribution in [0.5, 0.6) is 0 Å². The second kappa shape index (κ2) is 17.1. The maximum atomic E-state index is 13.8. The molecule has 0 spiro atoms. The van der Waals surface area contributed by atoms with Crippen LogP contribution in [0.1, 0.15) is 99.3 Å². The SMILES string of the molecule is CC1(C)CC[C@@]2(C(=O)O)C(C1)C1=CCC3[C@@]4(C)CC[C@H](OC5O[C@H](CO)[C@@H](O)[C@H](OC6OC[C@@H](O)[C@H](O)[C@H]6O)[C@H]5OC5OC[C@H](O)[C@H](O)[C@H]5O)[C@@](C)(C=O)C4CC[C@@]3(C)[C@]1(C)C[C@H]2O. The fourth-order valence-corrected chi connectivity index (χ4v) is 14.5. The molecule has 0 aromatic rings. The van der Waals surface area contributed by atoms with Gasteiger partial charge >= 0.3 is 5.97 Å². The number of hydrogen-bond acceptors (Lipinski definition) is 17. The quantitative estimate of drug-likeness (QED) is 0.0836. The van der Waals surface area contributed by atoms with Gasteiger partial charge in [0.15, 0.2) is 18.9 Å². The number of carbonyl (C=O) groups is 2. The molecule has 5 aliphatic carbocycles. The number of hydrogen-bond donors (Lipinski definition) is 10. The topological polar surface area (TPSA) is 292 Å². The van der Waals surface area contributed by atoms with Gasteiger partial charge in [0.25, 0.3) is 0 Å². The Labute approximate surface area is 373 Å². The molecule has 7 fully saturated rings. The van der Waals surface area contributed by atoms with Crippen molar-refractivity contribution >= 4 is 12.3 Å². The van der Waals surface area contributed by atoms with Gasteiger partial charge in [-0.2, -0.15) is 0 Å². The van der Waals surface area contributed by atoms with E-state index in [0.717, 1.165) is 11.9 Å². The predicted molar refractivity (Wildman–Crippen MR) is 220 cm³/mol. The van der Waals surface area contributed by atoms with Gasteiger partial charge in [0, 0.05) is 0 Å². The lowest BCUT2D eigenvalue weighted by Gasteiger charge is -2.71. The van der Waals surface area contributed by atoms with Crippen LogP contribution in [0.2, 0.25) is 0 Å². The van der Waals surface area contributed by atoms with Crippen molar-refractivity contribution in [2.24, 2.45) is 50.2 Å². The van der Waals surface area contributed by atoms with Crippen LogP contribution in [-0.2, 0) is 38.0 Å². The normalized spacial score (nSPS) is 54.9. The lowest BCUT2D eigenvalue weighted by atomic mass is 9.33. The molecule has 23 atom stereocenters. The molecule has 0 amide bonds. The van der Waals surface area contributed by atoms with Crippen molar-refractivity contribution in [2.45, 2.75) is 191 Å². The van der Waals surface area contributed by atoms with E-state index in [0.29, 0.717) is 57.8 Å². The van der Waals surface area contributed by atoms with Crippen molar-refractivity contribution in [3.8, 4) is 0 Å². The summed E-state index contributed by atoms with van der Waals surface area (Å²) in [5.74, 6) is -1.43. The summed E-state index contributed by atoms with van der Waals surface area (Å²) in [6.07, 6.45) is -14.6. The molecule has 8 rings (SSSR count). The second-order valence-electron chi connectivity index (χ2n) is 22.3. The Morgan fingerprint density at radius 3 is 1.92 bits per heavy atom. The molecule has 8 aliphatic rings. The van der Waals surface area contributed by atoms with Gasteiger partial charge in [-0.3, -0.25) is 4.79 Å². The third-order valence-electron chi connectivity index (χ3n) is 18.6. The minimum Gasteiger partial charge on any atom is -0.481 e. The number of aliphatic carboxylic acids is 1. The van der Waals surface area contributed by atoms with Crippen LogP contribution in [0.3, 0.4) is 0 Å². The average Bonchev–Trinajstić information content (AvgIpc) is 3.23. The summed E-state index contributed by atoms with van der Waals surface area (Å²) in [5.41, 5.74) is -2.65. The number of aliphatic hydroxyl groups is 9. The first-order valence-corrected chi connectivity index (χ1v) is 23.2. The molecule has 18 nitrogen and oxygen atoms in total. The number of aliphatic hydroxyl groups excluding tert-OH is 9. The van der Waals surface area contributed by atoms with E-state index < -0.39 is 140 Å². The molecular weight excluding hydrogens is 840 g/mol. The molecule has 0 bridgehead atoms. The maximum Gasteiger partial charge on any atom is 0.312 e. The maximum absolute atomic E-state index is 13.8. The smallest absolute Gasteiger partial charge is 0.312 e. The highest BCUT2D eigenvalue weighted by molar-refractivity contribution is 5.77. The average molecular weight is 913 g/mol. The van der Waals surface area contributed by atoms with Crippen molar-refractivity contribution in [1.82, 2.24) is 0 Å². The molecule has 10 N–H and O–H groups in total. The lowest BCUT2D eigenvalue weighted by Crippen LogP contribution is -2.69. The number of aldehydes is 1. The van der Waals surface area contributed by atoms with Gasteiger partial charge in [-0.25, -0.2) is 0 Å². The molecule has 18 heteroatoms. The first kappa shape index (κ1) is 48.7. The van der Waals surface area contributed by atoms with E-state index in [9.17, 15) is 60.7 Å². The van der Waals surface area contributed by atoms with Crippen LogP contribution in [-0.4, -0.2) is 175 Å². The highest BCUT2D eigenvalue weighted by Crippen LogP contribution is 2.76. The first-order valence-electron chi connectivity index (χ1n) is 23.2. The molecule has 3 saturated heterocycles. The Morgan fingerprint density at radius 1 is 0.734 bits per heavy atom. The number of carboxylic acid groups (broad SMARTS) is 1. The van der Waals surface area contributed by atoms with Crippen molar-refractivity contribution in [3.05, 3.63) is 11.6 Å². The number of fused-ring (bicyclic) bond motifs is 7. The summed E-state index contributed by atoms with van der Waals surface area (Å²) < 4.78 is 36.3. The van der Waals surface area contributed by atoms with E-state index in [4.69, 9.17) is 28.4 Å². The molecule has 4 saturated carbocycles. The minimum atomic E-state index is -1.80. The molecule has 64 heavy (non-hydrogen) atoms. The Balaban J connectivity index is 1.10. The molecule has 0 aromatic carbocycles. The molecule has 0 aromatic heterocycles. The summed E-state index contributed by atoms with van der Waals surface area (Å²) in [5, 5.41) is 108. The number of ether oxygens (including phenoxy) is 6. The molecular formula is C46H72O18. The van der Waals surface area contributed by atoms with Gasteiger partial charge in [-0.1, -0.05) is 53.2 Å². The van der Waals surface area contributed by atoms with Crippen LogP contribution in [0.25, 0.3) is 0 Å². The first-order chi connectivity index (χ1) is 29.9. The number of allylic oxidation sites excluding steroid dienone is 2. The zero-order valence-electron chi connectivity index (χ0n) is 37.8. The third-order valence-corrected chi connectivity index (χ3v) is 18.6. The largest absolute Gasteiger partial charge is 0.481 e. The summed E-state index contributed by atoms with van der Waals surface area (Å²) in [4.78, 5) is 27.0. The van der Waals surface area contributed by atoms with E-state index in [1.165, 1.54) is 0 Å². The third kappa shape index (κ3) is 7.31. The van der Waals surface area contributed by atoms with Gasteiger partial charge in [-0.05, 0) is 97.2 Å². The van der Waals surface area contributed by atoms with Crippen molar-refractivity contribution in [3.63, 3.8) is 0 Å². The van der Waals surface area contributed by atoms with E-state index in [2.05, 4.69) is 40.7 Å². The van der Waals surface area contributed by atoms with Crippen LogP contribution >= 0.6 is 0 Å². The molecule has 6 unspecified atom stereocenters. The molecule has 3 aliphatic heterocycles. The fourth-order valence-electron chi connectivity index (χ4n) is 14.5. The van der Waals surface area contributed by atoms with Crippen molar-refractivity contribution < 1.29 is 89.1 Å². The zero-order chi connectivity index (χ0) is 46.7. The highest BCUT2D eigenvalue weighted by Gasteiger charge is 2.72. The fraction of sp³-hybridized carbons (Fsp3) is 0.913. The van der Waals surface area contributed by atoms with Crippen LogP contribution in [0.4, 0.5) is 0 Å². The van der Waals surface area contributed by atoms with Gasteiger partial charge in [0.2, 0.25) is 0 Å². The Morgan fingerprint density at radius 2 is 1.34 bits per heavy atom. The van der Waals surface area contributed by atoms with Crippen LogP contribution < -0.4 is 0 Å². The molecule has 3 heterocycles. The number of carboxylic acids is 1. The summed E-state index contributed by atoms with van der Waals surface area (Å²) in [7, 11) is 0. The van der Waals surface area contributed by atoms with Gasteiger partial charge in [-0.15, -0.1) is 0 Å². The minimum absolute atomic E-state index is 0.0464. The monoisotopic (exact) mass is 912 g/mol. The number of rotatable bonds is 9. The zero-order valence-corrected chi connectivity index (χ0v) is 37.8. The highest BCUT2D eigenvalue weighted by atomic mass is 16.8. The summed E-state index contributed by atoms with van der Waals surface area (Å²) in [6, 6.07) is 0. The Kier molecular flexibility index (Phi) is 13.0. The molecule has 0 radical (unpaired) electrons. The van der Waals surface area contributed by atoms with Crippen molar-refractivity contribution in [2.75, 3.05) is 19.8 Å². The van der Waals surface area contributed by atoms with E-state index in [1.54, 1.807) is 0 Å². The Hall–Kier alpha value is -1.72. The second-order valence-corrected chi connectivity index (χ2v) is 22.3. The standard InChI is InChI=1S/C46H72O18/c1-41(2)13-14-46(40(57)58)22(15-41)21-7-8-27-42(3)11-10-29(43(4,20-48)26(42)9-12-44(27,5)45(21,6)16-28(46)51)62-39-36(64-38-34(56)31(53)24(50)19-60-38)35(32(54)25(17-47)61-39)63-37-33(55)30(52)23(49)18-59-37/h7,20,22-39,47,49-56H,8-19H2,1-6H3,(H,57,58)/t22?,23-,24+,25-,26?,27?,28-,29+,30+,31+,32-,33-,34-,35+,36-,37?,38?,39?,42+,43+,44-,45-,46-/m1/s1. The lowest BCUT2D eigenvalue weighted by molar-refractivity contribution is -0.390. The molecule has 364 valence electrons.